The summed E-state index contributed by atoms with van der Waals surface area (Å²) in [7, 11) is 0. The van der Waals surface area contributed by atoms with Gasteiger partial charge < -0.3 is 10.6 Å². The minimum absolute atomic E-state index is 0.123. The Hall–Kier alpha value is -0.940. The third-order valence-corrected chi connectivity index (χ3v) is 4.68. The largest absolute Gasteiger partial charge is 0.337 e. The zero-order valence-corrected chi connectivity index (χ0v) is 12.0. The van der Waals surface area contributed by atoms with Crippen LogP contribution in [0.2, 0.25) is 0 Å². The van der Waals surface area contributed by atoms with Crippen molar-refractivity contribution in [2.24, 2.45) is 17.6 Å². The molecule has 1 amide bonds. The summed E-state index contributed by atoms with van der Waals surface area (Å²) in [5.74, 6) is 1.60. The average molecular weight is 279 g/mol. The molecule has 4 nitrogen and oxygen atoms in total. The maximum absolute atomic E-state index is 12.5. The van der Waals surface area contributed by atoms with Crippen molar-refractivity contribution in [1.29, 1.82) is 0 Å². The molecule has 2 saturated carbocycles. The van der Waals surface area contributed by atoms with Crippen molar-refractivity contribution >= 4 is 17.2 Å². The fourth-order valence-electron chi connectivity index (χ4n) is 2.27. The Morgan fingerprint density at radius 3 is 2.47 bits per heavy atom. The first-order chi connectivity index (χ1) is 9.26. The van der Waals surface area contributed by atoms with Gasteiger partial charge in [-0.25, -0.2) is 4.98 Å². The van der Waals surface area contributed by atoms with E-state index < -0.39 is 0 Å². The van der Waals surface area contributed by atoms with Crippen LogP contribution >= 0.6 is 11.3 Å². The van der Waals surface area contributed by atoms with Crippen LogP contribution in [-0.2, 0) is 6.42 Å². The van der Waals surface area contributed by atoms with E-state index in [1.165, 1.54) is 25.7 Å². The van der Waals surface area contributed by atoms with Gasteiger partial charge in [-0.1, -0.05) is 0 Å². The standard InChI is InChI=1S/C14H21N3OS/c15-6-5-13-16-12(9-19-13)14(18)17(7-10-1-2-10)8-11-3-4-11/h9-11H,1-8,15H2. The Kier molecular flexibility index (Phi) is 3.84. The van der Waals surface area contributed by atoms with E-state index in [4.69, 9.17) is 5.73 Å². The number of carbonyl (C=O) groups is 1. The van der Waals surface area contributed by atoms with Crippen LogP contribution in [-0.4, -0.2) is 35.4 Å². The Bertz CT molecular complexity index is 437. The van der Waals surface area contributed by atoms with Crippen molar-refractivity contribution < 1.29 is 4.79 Å². The molecule has 0 unspecified atom stereocenters. The fourth-order valence-corrected chi connectivity index (χ4v) is 3.06. The van der Waals surface area contributed by atoms with Crippen LogP contribution in [0.5, 0.6) is 0 Å². The zero-order chi connectivity index (χ0) is 13.2. The molecule has 2 aliphatic carbocycles. The molecule has 0 radical (unpaired) electrons. The monoisotopic (exact) mass is 279 g/mol. The first-order valence-corrected chi connectivity index (χ1v) is 8.08. The molecule has 0 saturated heterocycles. The normalized spacial score (nSPS) is 18.6. The van der Waals surface area contributed by atoms with Crippen LogP contribution in [0, 0.1) is 11.8 Å². The molecule has 104 valence electrons. The molecule has 5 heteroatoms. The van der Waals surface area contributed by atoms with Gasteiger partial charge in [-0.05, 0) is 44.1 Å². The van der Waals surface area contributed by atoms with Gasteiger partial charge >= 0.3 is 0 Å². The second kappa shape index (κ2) is 5.59. The molecule has 1 aromatic rings. The molecule has 2 aliphatic rings. The number of nitrogens with two attached hydrogens (primary N) is 1. The highest BCUT2D eigenvalue weighted by Gasteiger charge is 2.32. The van der Waals surface area contributed by atoms with Crippen molar-refractivity contribution in [2.45, 2.75) is 32.1 Å². The highest BCUT2D eigenvalue weighted by atomic mass is 32.1. The number of hydrogen-bond donors (Lipinski definition) is 1. The van der Waals surface area contributed by atoms with E-state index in [1.807, 2.05) is 10.3 Å². The average Bonchev–Trinajstić information content (AvgIpc) is 3.31. The molecule has 0 spiro atoms. The van der Waals surface area contributed by atoms with Gasteiger partial charge in [0, 0.05) is 24.9 Å². The minimum Gasteiger partial charge on any atom is -0.337 e. The van der Waals surface area contributed by atoms with Gasteiger partial charge in [0.05, 0.1) is 5.01 Å². The summed E-state index contributed by atoms with van der Waals surface area (Å²) >= 11 is 1.55. The molecule has 0 atom stereocenters. The molecule has 1 heterocycles. The lowest BCUT2D eigenvalue weighted by atomic mass is 10.3. The number of carbonyl (C=O) groups excluding carboxylic acids is 1. The van der Waals surface area contributed by atoms with Crippen LogP contribution in [0.25, 0.3) is 0 Å². The molecule has 1 aromatic heterocycles. The summed E-state index contributed by atoms with van der Waals surface area (Å²) in [5, 5.41) is 2.86. The van der Waals surface area contributed by atoms with Crippen molar-refractivity contribution in [3.63, 3.8) is 0 Å². The van der Waals surface area contributed by atoms with Gasteiger partial charge in [0.25, 0.3) is 5.91 Å². The predicted octanol–water partition coefficient (Wildman–Crippen LogP) is 1.91. The van der Waals surface area contributed by atoms with Crippen LogP contribution in [0.3, 0.4) is 0 Å². The Morgan fingerprint density at radius 2 is 1.95 bits per heavy atom. The second-order valence-electron chi connectivity index (χ2n) is 5.76. The molecule has 19 heavy (non-hydrogen) atoms. The molecule has 3 rings (SSSR count). The molecule has 0 aliphatic heterocycles. The van der Waals surface area contributed by atoms with Crippen molar-refractivity contribution in [3.05, 3.63) is 16.1 Å². The fraction of sp³-hybridized carbons (Fsp3) is 0.714. The third kappa shape index (κ3) is 3.54. The molecular weight excluding hydrogens is 258 g/mol. The van der Waals surface area contributed by atoms with Crippen molar-refractivity contribution in [1.82, 2.24) is 9.88 Å². The molecule has 2 N–H and O–H groups in total. The third-order valence-electron chi connectivity index (χ3n) is 3.77. The molecule has 2 fully saturated rings. The van der Waals surface area contributed by atoms with E-state index in [-0.39, 0.29) is 5.91 Å². The van der Waals surface area contributed by atoms with Gasteiger partial charge in [-0.3, -0.25) is 4.79 Å². The van der Waals surface area contributed by atoms with Crippen molar-refractivity contribution in [2.75, 3.05) is 19.6 Å². The quantitative estimate of drug-likeness (QED) is 0.829. The summed E-state index contributed by atoms with van der Waals surface area (Å²) in [6, 6.07) is 0. The Balaban J connectivity index is 1.65. The topological polar surface area (TPSA) is 59.2 Å². The number of thiazole rings is 1. The smallest absolute Gasteiger partial charge is 0.273 e. The predicted molar refractivity (Wildman–Crippen MR) is 76.2 cm³/mol. The Morgan fingerprint density at radius 1 is 1.32 bits per heavy atom. The first kappa shape index (κ1) is 13.1. The van der Waals surface area contributed by atoms with E-state index in [2.05, 4.69) is 4.98 Å². The Labute approximate surface area is 118 Å². The lowest BCUT2D eigenvalue weighted by Gasteiger charge is -2.21. The van der Waals surface area contributed by atoms with Gasteiger partial charge in [0.15, 0.2) is 0 Å². The maximum atomic E-state index is 12.5. The van der Waals surface area contributed by atoms with Gasteiger partial charge in [-0.2, -0.15) is 0 Å². The maximum Gasteiger partial charge on any atom is 0.273 e. The van der Waals surface area contributed by atoms with E-state index in [0.29, 0.717) is 12.2 Å². The van der Waals surface area contributed by atoms with Crippen LogP contribution < -0.4 is 5.73 Å². The van der Waals surface area contributed by atoms with Crippen LogP contribution in [0.4, 0.5) is 0 Å². The summed E-state index contributed by atoms with van der Waals surface area (Å²) < 4.78 is 0. The number of nitrogens with zero attached hydrogens (tertiary/aromatic N) is 2. The zero-order valence-electron chi connectivity index (χ0n) is 11.2. The summed E-state index contributed by atoms with van der Waals surface area (Å²) in [6.45, 7) is 2.45. The molecule has 0 aromatic carbocycles. The minimum atomic E-state index is 0.123. The van der Waals surface area contributed by atoms with Gasteiger partial charge in [-0.15, -0.1) is 11.3 Å². The van der Waals surface area contributed by atoms with E-state index in [1.54, 1.807) is 11.3 Å². The highest BCUT2D eigenvalue weighted by Crippen LogP contribution is 2.34. The van der Waals surface area contributed by atoms with Crippen molar-refractivity contribution in [3.8, 4) is 0 Å². The summed E-state index contributed by atoms with van der Waals surface area (Å²) in [4.78, 5) is 19.0. The van der Waals surface area contributed by atoms with Crippen LogP contribution in [0.1, 0.15) is 41.2 Å². The van der Waals surface area contributed by atoms with E-state index in [9.17, 15) is 4.79 Å². The summed E-state index contributed by atoms with van der Waals surface area (Å²) in [6.07, 6.45) is 5.89. The second-order valence-corrected chi connectivity index (χ2v) is 6.70. The lowest BCUT2D eigenvalue weighted by molar-refractivity contribution is 0.0734. The van der Waals surface area contributed by atoms with Gasteiger partial charge in [0.1, 0.15) is 5.69 Å². The highest BCUT2D eigenvalue weighted by molar-refractivity contribution is 7.09. The van der Waals surface area contributed by atoms with Crippen LogP contribution in [0.15, 0.2) is 5.38 Å². The number of amides is 1. The van der Waals surface area contributed by atoms with Gasteiger partial charge in [0.2, 0.25) is 0 Å². The summed E-state index contributed by atoms with van der Waals surface area (Å²) in [5.41, 5.74) is 6.15. The molecule has 0 bridgehead atoms. The number of rotatable bonds is 7. The van der Waals surface area contributed by atoms with E-state index in [0.717, 1.165) is 36.4 Å². The lowest BCUT2D eigenvalue weighted by Crippen LogP contribution is -2.35. The number of hydrogen-bond acceptors (Lipinski definition) is 4. The number of aromatic nitrogens is 1. The molecular formula is C14H21N3OS. The first-order valence-electron chi connectivity index (χ1n) is 7.20. The van der Waals surface area contributed by atoms with E-state index >= 15 is 0 Å². The SMILES string of the molecule is NCCc1nc(C(=O)N(CC2CC2)CC2CC2)cs1.